The molecule has 3 aromatic rings. The van der Waals surface area contributed by atoms with Gasteiger partial charge in [0.2, 0.25) is 5.91 Å². The van der Waals surface area contributed by atoms with E-state index in [-0.39, 0.29) is 11.8 Å². The number of rotatable bonds is 3. The predicted octanol–water partition coefficient (Wildman–Crippen LogP) is 3.53. The van der Waals surface area contributed by atoms with Crippen LogP contribution in [0.4, 0.5) is 5.82 Å². The molecule has 0 aliphatic carbocycles. The van der Waals surface area contributed by atoms with Crippen molar-refractivity contribution in [2.75, 3.05) is 5.32 Å². The number of fused-ring (bicyclic) bond motifs is 1. The van der Waals surface area contributed by atoms with Crippen LogP contribution in [0.1, 0.15) is 19.5 Å². The van der Waals surface area contributed by atoms with Crippen LogP contribution in [-0.4, -0.2) is 20.9 Å². The fraction of sp³-hybridized carbons (Fsp3) is 0.235. The molecule has 0 aliphatic heterocycles. The molecule has 3 aromatic heterocycles. The number of hydrogen-bond acceptors (Lipinski definition) is 3. The maximum atomic E-state index is 11.7. The minimum Gasteiger partial charge on any atom is -0.354 e. The fourth-order valence-corrected chi connectivity index (χ4v) is 2.23. The smallest absolute Gasteiger partial charge is 0.228 e. The van der Waals surface area contributed by atoms with Crippen LogP contribution in [0.25, 0.3) is 22.2 Å². The number of hydrogen-bond donors (Lipinski definition) is 2. The third-order valence-corrected chi connectivity index (χ3v) is 3.49. The first-order valence-electron chi connectivity index (χ1n) is 7.25. The first-order valence-corrected chi connectivity index (χ1v) is 7.25. The van der Waals surface area contributed by atoms with Crippen molar-refractivity contribution < 1.29 is 4.79 Å². The van der Waals surface area contributed by atoms with Crippen LogP contribution >= 0.6 is 0 Å². The second kappa shape index (κ2) is 5.60. The maximum absolute atomic E-state index is 11.7. The number of nitrogens with zero attached hydrogens (tertiary/aromatic N) is 2. The van der Waals surface area contributed by atoms with Gasteiger partial charge in [0.05, 0.1) is 5.52 Å². The normalized spacial score (nSPS) is 11.1. The molecule has 0 aromatic carbocycles. The average Bonchev–Trinajstić information content (AvgIpc) is 2.90. The molecule has 3 heterocycles. The lowest BCUT2D eigenvalue weighted by atomic mass is 10.1. The minimum atomic E-state index is -0.0727. The molecule has 0 unspecified atom stereocenters. The molecule has 0 spiro atoms. The molecule has 0 radical (unpaired) electrons. The van der Waals surface area contributed by atoms with Crippen molar-refractivity contribution in [3.8, 4) is 11.3 Å². The highest BCUT2D eigenvalue weighted by atomic mass is 16.1. The topological polar surface area (TPSA) is 70.7 Å². The van der Waals surface area contributed by atoms with Crippen LogP contribution in [0.15, 0.2) is 36.7 Å². The van der Waals surface area contributed by atoms with Crippen molar-refractivity contribution in [2.45, 2.75) is 20.8 Å². The second-order valence-electron chi connectivity index (χ2n) is 5.67. The molecule has 0 aliphatic rings. The van der Waals surface area contributed by atoms with E-state index in [1.165, 1.54) is 0 Å². The van der Waals surface area contributed by atoms with E-state index in [0.717, 1.165) is 27.9 Å². The van der Waals surface area contributed by atoms with Gasteiger partial charge in [-0.15, -0.1) is 0 Å². The van der Waals surface area contributed by atoms with Gasteiger partial charge in [-0.1, -0.05) is 13.8 Å². The van der Waals surface area contributed by atoms with Crippen LogP contribution in [-0.2, 0) is 4.79 Å². The first-order chi connectivity index (χ1) is 10.5. The largest absolute Gasteiger partial charge is 0.354 e. The summed E-state index contributed by atoms with van der Waals surface area (Å²) in [5, 5.41) is 3.82. The first kappa shape index (κ1) is 14.3. The van der Waals surface area contributed by atoms with Gasteiger partial charge in [0.15, 0.2) is 0 Å². The van der Waals surface area contributed by atoms with Crippen LogP contribution in [0.5, 0.6) is 0 Å². The summed E-state index contributed by atoms with van der Waals surface area (Å²) in [4.78, 5) is 23.6. The van der Waals surface area contributed by atoms with Gasteiger partial charge in [-0.2, -0.15) is 0 Å². The number of H-pyrrole nitrogens is 1. The quantitative estimate of drug-likeness (QED) is 0.776. The van der Waals surface area contributed by atoms with Gasteiger partial charge >= 0.3 is 0 Å². The summed E-state index contributed by atoms with van der Waals surface area (Å²) in [6.07, 6.45) is 3.56. The zero-order chi connectivity index (χ0) is 15.7. The molecule has 0 atom stereocenters. The van der Waals surface area contributed by atoms with Gasteiger partial charge in [0.25, 0.3) is 0 Å². The lowest BCUT2D eigenvalue weighted by molar-refractivity contribution is -0.118. The summed E-state index contributed by atoms with van der Waals surface area (Å²) in [5.41, 5.74) is 4.00. The SMILES string of the molecule is Cc1cc(-c2cc3cnc(NC(=O)C(C)C)cc3[nH]2)ccn1. The van der Waals surface area contributed by atoms with Gasteiger partial charge < -0.3 is 10.3 Å². The number of amides is 1. The molecule has 0 saturated carbocycles. The number of carbonyl (C=O) groups excluding carboxylic acids is 1. The van der Waals surface area contributed by atoms with Gasteiger partial charge in [0, 0.05) is 46.7 Å². The van der Waals surface area contributed by atoms with Crippen molar-refractivity contribution >= 4 is 22.6 Å². The molecule has 22 heavy (non-hydrogen) atoms. The van der Waals surface area contributed by atoms with E-state index >= 15 is 0 Å². The van der Waals surface area contributed by atoms with E-state index in [9.17, 15) is 4.79 Å². The highest BCUT2D eigenvalue weighted by molar-refractivity contribution is 5.94. The lowest BCUT2D eigenvalue weighted by Crippen LogP contribution is -2.18. The number of nitrogens with one attached hydrogen (secondary N) is 2. The monoisotopic (exact) mass is 294 g/mol. The predicted molar refractivity (Wildman–Crippen MR) is 87.5 cm³/mol. The highest BCUT2D eigenvalue weighted by Gasteiger charge is 2.10. The standard InChI is InChI=1S/C17H18N4O/c1-10(2)17(22)21-16-8-15-13(9-19-16)7-14(20-15)12-4-5-18-11(3)6-12/h4-10,20H,1-3H3,(H,19,21,22). The number of carbonyl (C=O) groups is 1. The van der Waals surface area contributed by atoms with E-state index < -0.39 is 0 Å². The highest BCUT2D eigenvalue weighted by Crippen LogP contribution is 2.25. The number of aromatic nitrogens is 3. The Kier molecular flexibility index (Phi) is 3.63. The van der Waals surface area contributed by atoms with Crippen molar-refractivity contribution in [1.29, 1.82) is 0 Å². The molecule has 2 N–H and O–H groups in total. The number of anilines is 1. The Morgan fingerprint density at radius 3 is 2.77 bits per heavy atom. The molecule has 0 bridgehead atoms. The Bertz CT molecular complexity index is 836. The van der Waals surface area contributed by atoms with Gasteiger partial charge in [-0.25, -0.2) is 4.98 Å². The minimum absolute atomic E-state index is 0.0385. The van der Waals surface area contributed by atoms with Gasteiger partial charge in [-0.3, -0.25) is 9.78 Å². The maximum Gasteiger partial charge on any atom is 0.228 e. The Labute approximate surface area is 128 Å². The van der Waals surface area contributed by atoms with Crippen molar-refractivity contribution in [1.82, 2.24) is 15.0 Å². The van der Waals surface area contributed by atoms with Crippen molar-refractivity contribution in [2.24, 2.45) is 5.92 Å². The zero-order valence-corrected chi connectivity index (χ0v) is 12.8. The van der Waals surface area contributed by atoms with E-state index in [4.69, 9.17) is 0 Å². The Morgan fingerprint density at radius 1 is 1.23 bits per heavy atom. The summed E-state index contributed by atoms with van der Waals surface area (Å²) >= 11 is 0. The van der Waals surface area contributed by atoms with Crippen LogP contribution < -0.4 is 5.32 Å². The third kappa shape index (κ3) is 2.83. The summed E-state index contributed by atoms with van der Waals surface area (Å²) in [6.45, 7) is 5.67. The third-order valence-electron chi connectivity index (χ3n) is 3.49. The molecule has 5 heteroatoms. The molecule has 112 valence electrons. The molecule has 0 saturated heterocycles. The molecule has 5 nitrogen and oxygen atoms in total. The fourth-order valence-electron chi connectivity index (χ4n) is 2.23. The van der Waals surface area contributed by atoms with E-state index in [0.29, 0.717) is 5.82 Å². The van der Waals surface area contributed by atoms with Crippen LogP contribution in [0.2, 0.25) is 0 Å². The van der Waals surface area contributed by atoms with Crippen LogP contribution in [0, 0.1) is 12.8 Å². The lowest BCUT2D eigenvalue weighted by Gasteiger charge is -2.06. The molecular formula is C17H18N4O. The van der Waals surface area contributed by atoms with E-state index in [1.54, 1.807) is 12.4 Å². The van der Waals surface area contributed by atoms with Gasteiger partial charge in [0.1, 0.15) is 5.82 Å². The van der Waals surface area contributed by atoms with Crippen LogP contribution in [0.3, 0.4) is 0 Å². The number of pyridine rings is 2. The molecule has 0 fully saturated rings. The van der Waals surface area contributed by atoms with Crippen molar-refractivity contribution in [3.63, 3.8) is 0 Å². The van der Waals surface area contributed by atoms with Crippen molar-refractivity contribution in [3.05, 3.63) is 42.4 Å². The Hall–Kier alpha value is -2.69. The van der Waals surface area contributed by atoms with Gasteiger partial charge in [-0.05, 0) is 25.1 Å². The second-order valence-corrected chi connectivity index (χ2v) is 5.67. The average molecular weight is 294 g/mol. The molecule has 1 amide bonds. The molecular weight excluding hydrogens is 276 g/mol. The Balaban J connectivity index is 1.95. The number of aryl methyl sites for hydroxylation is 1. The summed E-state index contributed by atoms with van der Waals surface area (Å²) < 4.78 is 0. The summed E-state index contributed by atoms with van der Waals surface area (Å²) in [5.74, 6) is 0.449. The van der Waals surface area contributed by atoms with E-state index in [2.05, 4.69) is 20.3 Å². The summed E-state index contributed by atoms with van der Waals surface area (Å²) in [6, 6.07) is 7.89. The summed E-state index contributed by atoms with van der Waals surface area (Å²) in [7, 11) is 0. The molecule has 3 rings (SSSR count). The zero-order valence-electron chi connectivity index (χ0n) is 12.8. The number of aromatic amines is 1. The Morgan fingerprint density at radius 2 is 2.05 bits per heavy atom. The van der Waals surface area contributed by atoms with E-state index in [1.807, 2.05) is 45.0 Å².